The molecule has 1 aliphatic carbocycles. The number of alkyl halides is 3. The molecule has 114 valence electrons. The average molecular weight is 328 g/mol. The van der Waals surface area contributed by atoms with Crippen molar-refractivity contribution in [2.24, 2.45) is 0 Å². The molecular formula is C11H15F3N2O2S2. The summed E-state index contributed by atoms with van der Waals surface area (Å²) in [5.74, 6) is 0. The fourth-order valence-electron chi connectivity index (χ4n) is 1.93. The molecule has 1 fully saturated rings. The molecule has 0 spiro atoms. The lowest BCUT2D eigenvalue weighted by atomic mass is 10.3. The highest BCUT2D eigenvalue weighted by atomic mass is 32.2. The average Bonchev–Trinajstić information content (AvgIpc) is 2.96. The molecule has 1 saturated carbocycles. The molecule has 0 aromatic carbocycles. The molecule has 4 nitrogen and oxygen atoms in total. The van der Waals surface area contributed by atoms with Crippen LogP contribution in [0.4, 0.5) is 13.2 Å². The van der Waals surface area contributed by atoms with E-state index in [1.165, 1.54) is 17.4 Å². The second kappa shape index (κ2) is 4.97. The maximum absolute atomic E-state index is 12.8. The van der Waals surface area contributed by atoms with E-state index in [2.05, 4.69) is 5.32 Å². The largest absolute Gasteiger partial charge is 0.407 e. The van der Waals surface area contributed by atoms with Crippen molar-refractivity contribution >= 4 is 21.4 Å². The van der Waals surface area contributed by atoms with E-state index in [9.17, 15) is 21.6 Å². The number of sulfonamides is 1. The van der Waals surface area contributed by atoms with Gasteiger partial charge in [0.05, 0.1) is 4.90 Å². The minimum atomic E-state index is -4.56. The lowest BCUT2D eigenvalue weighted by Crippen LogP contribution is -2.47. The van der Waals surface area contributed by atoms with Crippen molar-refractivity contribution in [3.63, 3.8) is 0 Å². The Morgan fingerprint density at radius 2 is 2.00 bits per heavy atom. The van der Waals surface area contributed by atoms with Gasteiger partial charge in [0.1, 0.15) is 5.54 Å². The maximum Gasteiger partial charge on any atom is 0.407 e. The minimum Gasteiger partial charge on any atom is -0.315 e. The fourth-order valence-corrected chi connectivity index (χ4v) is 5.03. The van der Waals surface area contributed by atoms with Crippen LogP contribution >= 0.6 is 11.3 Å². The van der Waals surface area contributed by atoms with Crippen molar-refractivity contribution in [1.29, 1.82) is 0 Å². The monoisotopic (exact) mass is 328 g/mol. The summed E-state index contributed by atoms with van der Waals surface area (Å²) >= 11 is 1.26. The third-order valence-corrected chi connectivity index (χ3v) is 6.03. The topological polar surface area (TPSA) is 58.2 Å². The molecule has 1 aromatic rings. The van der Waals surface area contributed by atoms with Gasteiger partial charge >= 0.3 is 6.18 Å². The molecule has 0 atom stereocenters. The summed E-state index contributed by atoms with van der Waals surface area (Å²) < 4.78 is 64.6. The smallest absolute Gasteiger partial charge is 0.315 e. The number of hydrogen-bond acceptors (Lipinski definition) is 4. The summed E-state index contributed by atoms with van der Waals surface area (Å²) in [5.41, 5.74) is -2.27. The molecule has 2 rings (SSSR count). The first-order chi connectivity index (χ1) is 9.11. The van der Waals surface area contributed by atoms with Crippen LogP contribution < -0.4 is 10.0 Å². The molecule has 0 aliphatic heterocycles. The van der Waals surface area contributed by atoms with Crippen LogP contribution in [0.25, 0.3) is 0 Å². The molecule has 1 aromatic heterocycles. The molecule has 1 heterocycles. The molecule has 0 radical (unpaired) electrons. The van der Waals surface area contributed by atoms with Crippen molar-refractivity contribution < 1.29 is 21.6 Å². The molecule has 0 unspecified atom stereocenters. The fraction of sp³-hybridized carbons (Fsp3) is 0.636. The zero-order valence-corrected chi connectivity index (χ0v) is 12.6. The lowest BCUT2D eigenvalue weighted by molar-refractivity contribution is -0.160. The van der Waals surface area contributed by atoms with Gasteiger partial charge in [-0.15, -0.1) is 11.3 Å². The van der Waals surface area contributed by atoms with Crippen LogP contribution in [-0.2, 0) is 16.6 Å². The van der Waals surface area contributed by atoms with Gasteiger partial charge in [-0.1, -0.05) is 0 Å². The number of aryl methyl sites for hydroxylation is 1. The Bertz CT molecular complexity index is 604. The Morgan fingerprint density at radius 1 is 1.40 bits per heavy atom. The summed E-state index contributed by atoms with van der Waals surface area (Å²) in [6.07, 6.45) is -4.97. The van der Waals surface area contributed by atoms with Gasteiger partial charge in [-0.25, -0.2) is 8.42 Å². The van der Waals surface area contributed by atoms with Crippen LogP contribution in [0.1, 0.15) is 22.6 Å². The summed E-state index contributed by atoms with van der Waals surface area (Å²) in [7, 11) is -2.44. The molecule has 0 saturated heterocycles. The van der Waals surface area contributed by atoms with Gasteiger partial charge in [-0.05, 0) is 32.9 Å². The normalized spacial score (nSPS) is 18.2. The molecule has 0 amide bonds. The molecular weight excluding hydrogens is 313 g/mol. The predicted octanol–water partition coefficient (Wildman–Crippen LogP) is 2.15. The highest BCUT2D eigenvalue weighted by molar-refractivity contribution is 7.89. The molecule has 20 heavy (non-hydrogen) atoms. The van der Waals surface area contributed by atoms with E-state index in [0.717, 1.165) is 4.88 Å². The van der Waals surface area contributed by atoms with Crippen LogP contribution in [0.15, 0.2) is 11.0 Å². The van der Waals surface area contributed by atoms with Gasteiger partial charge in [-0.2, -0.15) is 17.9 Å². The third-order valence-electron chi connectivity index (χ3n) is 3.19. The van der Waals surface area contributed by atoms with E-state index < -0.39 is 21.7 Å². The number of hydrogen-bond donors (Lipinski definition) is 2. The highest BCUT2D eigenvalue weighted by Gasteiger charge is 2.65. The van der Waals surface area contributed by atoms with Crippen molar-refractivity contribution in [3.8, 4) is 0 Å². The van der Waals surface area contributed by atoms with Gasteiger partial charge < -0.3 is 5.32 Å². The van der Waals surface area contributed by atoms with Gasteiger partial charge in [0.15, 0.2) is 0 Å². The second-order valence-electron chi connectivity index (χ2n) is 4.85. The van der Waals surface area contributed by atoms with Gasteiger partial charge in [0.25, 0.3) is 0 Å². The molecule has 2 N–H and O–H groups in total. The van der Waals surface area contributed by atoms with E-state index in [0.29, 0.717) is 11.4 Å². The predicted molar refractivity (Wildman–Crippen MR) is 70.2 cm³/mol. The SMILES string of the molecule is CNCc1cc(S(=O)(=O)NC2(C(F)(F)F)CC2)c(C)s1. The van der Waals surface area contributed by atoms with Crippen LogP contribution in [0.3, 0.4) is 0 Å². The standard InChI is InChI=1S/C11H15F3N2O2S2/c1-7-9(5-8(19-7)6-15-2)20(17,18)16-10(3-4-10)11(12,13)14/h5,15-16H,3-4,6H2,1-2H3. The van der Waals surface area contributed by atoms with Crippen LogP contribution in [0, 0.1) is 6.92 Å². The first-order valence-corrected chi connectivity index (χ1v) is 8.26. The second-order valence-corrected chi connectivity index (χ2v) is 7.84. The summed E-state index contributed by atoms with van der Waals surface area (Å²) in [6, 6.07) is 1.42. The van der Waals surface area contributed by atoms with Gasteiger partial charge in [-0.3, -0.25) is 0 Å². The summed E-state index contributed by atoms with van der Waals surface area (Å²) in [6.45, 7) is 2.07. The molecule has 0 bridgehead atoms. The van der Waals surface area contributed by atoms with Gasteiger partial charge in [0.2, 0.25) is 10.0 Å². The first-order valence-electron chi connectivity index (χ1n) is 5.96. The van der Waals surface area contributed by atoms with E-state index in [1.807, 2.05) is 4.72 Å². The number of thiophene rings is 1. The number of rotatable bonds is 5. The lowest BCUT2D eigenvalue weighted by Gasteiger charge is -2.20. The van der Waals surface area contributed by atoms with E-state index in [1.54, 1.807) is 14.0 Å². The van der Waals surface area contributed by atoms with Crippen molar-refractivity contribution in [3.05, 3.63) is 15.8 Å². The quantitative estimate of drug-likeness (QED) is 0.871. The number of halogens is 3. The summed E-state index contributed by atoms with van der Waals surface area (Å²) in [5, 5.41) is 2.88. The van der Waals surface area contributed by atoms with Crippen molar-refractivity contribution in [1.82, 2.24) is 10.0 Å². The van der Waals surface area contributed by atoms with Crippen LogP contribution in [-0.4, -0.2) is 27.2 Å². The van der Waals surface area contributed by atoms with Gasteiger partial charge in [0, 0.05) is 16.3 Å². The Hall–Kier alpha value is -0.640. The zero-order valence-electron chi connectivity index (χ0n) is 11.0. The van der Waals surface area contributed by atoms with Crippen molar-refractivity contribution in [2.75, 3.05) is 7.05 Å². The Morgan fingerprint density at radius 3 is 2.45 bits per heavy atom. The van der Waals surface area contributed by atoms with Crippen LogP contribution in [0.5, 0.6) is 0 Å². The Labute approximate surface area is 119 Å². The van der Waals surface area contributed by atoms with Crippen LogP contribution in [0.2, 0.25) is 0 Å². The maximum atomic E-state index is 12.8. The van der Waals surface area contributed by atoms with E-state index >= 15 is 0 Å². The Kier molecular flexibility index (Phi) is 3.91. The zero-order chi connectivity index (χ0) is 15.2. The highest BCUT2D eigenvalue weighted by Crippen LogP contribution is 2.50. The van der Waals surface area contributed by atoms with Crippen molar-refractivity contribution in [2.45, 2.75) is 42.9 Å². The van der Waals surface area contributed by atoms with E-state index in [4.69, 9.17) is 0 Å². The Balaban J connectivity index is 2.28. The summed E-state index contributed by atoms with van der Waals surface area (Å²) in [4.78, 5) is 1.19. The first kappa shape index (κ1) is 15.7. The van der Waals surface area contributed by atoms with E-state index in [-0.39, 0.29) is 17.7 Å². The third kappa shape index (κ3) is 2.85. The minimum absolute atomic E-state index is 0.0664. The molecule has 9 heteroatoms. The number of nitrogens with one attached hydrogen (secondary N) is 2. The molecule has 1 aliphatic rings.